The molecule has 2 aromatic carbocycles. The predicted molar refractivity (Wildman–Crippen MR) is 120 cm³/mol. The third kappa shape index (κ3) is 7.25. The van der Waals surface area contributed by atoms with Crippen LogP contribution in [0.4, 0.5) is 0 Å². The van der Waals surface area contributed by atoms with Crippen molar-refractivity contribution < 1.29 is 18.7 Å². The average molecular weight is 477 g/mol. The first-order valence-corrected chi connectivity index (χ1v) is 10.7. The van der Waals surface area contributed by atoms with E-state index in [9.17, 15) is 9.59 Å². The molecule has 2 N–H and O–H groups in total. The number of benzene rings is 2. The fourth-order valence-corrected chi connectivity index (χ4v) is 3.12. The normalized spacial score (nSPS) is 10.6. The van der Waals surface area contributed by atoms with Gasteiger partial charge >= 0.3 is 0 Å². The summed E-state index contributed by atoms with van der Waals surface area (Å²) in [4.78, 5) is 23.8. The number of hydrazine groups is 1. The van der Waals surface area contributed by atoms with Crippen molar-refractivity contribution in [3.63, 3.8) is 0 Å². The fourth-order valence-electron chi connectivity index (χ4n) is 2.66. The van der Waals surface area contributed by atoms with E-state index in [-0.39, 0.29) is 31.1 Å². The summed E-state index contributed by atoms with van der Waals surface area (Å²) in [6, 6.07) is 12.6. The Hall–Kier alpha value is -3.10. The molecule has 8 nitrogen and oxygen atoms in total. The summed E-state index contributed by atoms with van der Waals surface area (Å²) in [7, 11) is 0. The minimum atomic E-state index is -0.363. The molecule has 1 aromatic heterocycles. The average Bonchev–Trinajstić information content (AvgIpc) is 3.24. The van der Waals surface area contributed by atoms with Gasteiger partial charge in [0.05, 0.1) is 11.6 Å². The molecule has 0 spiro atoms. The van der Waals surface area contributed by atoms with Crippen molar-refractivity contribution in [3.05, 3.63) is 64.0 Å². The number of nitrogens with zero attached hydrogens (tertiary/aromatic N) is 2. The van der Waals surface area contributed by atoms with Crippen molar-refractivity contribution in [2.45, 2.75) is 32.6 Å². The number of carbonyl (C=O) groups excluding carboxylic acids is 2. The fraction of sp³-hybridized carbons (Fsp3) is 0.273. The van der Waals surface area contributed by atoms with E-state index in [1.54, 1.807) is 18.2 Å². The second kappa shape index (κ2) is 11.5. The Bertz CT molecular complexity index is 1070. The van der Waals surface area contributed by atoms with Gasteiger partial charge in [-0.25, -0.2) is 0 Å². The standard InChI is InChI=1S/C22H22Cl2N4O4/c1-14-4-6-15(7-5-14)22-28-27-21(32-22)11-10-20(30)26-25-19(29)3-2-12-31-18-9-8-16(23)13-17(18)24/h4-9,13H,2-3,10-12H2,1H3,(H,25,29)(H,26,30). The van der Waals surface area contributed by atoms with E-state index >= 15 is 0 Å². The number of nitrogens with one attached hydrogen (secondary N) is 2. The van der Waals surface area contributed by atoms with E-state index in [0.29, 0.717) is 40.6 Å². The van der Waals surface area contributed by atoms with Crippen LogP contribution in [0, 0.1) is 6.92 Å². The SMILES string of the molecule is Cc1ccc(-c2nnc(CCC(=O)NNC(=O)CCCOc3ccc(Cl)cc3Cl)o2)cc1. The summed E-state index contributed by atoms with van der Waals surface area (Å²) in [5.74, 6) is 0.549. The van der Waals surface area contributed by atoms with Crippen molar-refractivity contribution in [1.29, 1.82) is 0 Å². The Morgan fingerprint density at radius 1 is 1.00 bits per heavy atom. The van der Waals surface area contributed by atoms with Gasteiger partial charge in [0.15, 0.2) is 0 Å². The van der Waals surface area contributed by atoms with Crippen LogP contribution in [0.1, 0.15) is 30.7 Å². The summed E-state index contributed by atoms with van der Waals surface area (Å²) < 4.78 is 11.1. The smallest absolute Gasteiger partial charge is 0.247 e. The van der Waals surface area contributed by atoms with Crippen LogP contribution in [0.2, 0.25) is 10.0 Å². The minimum absolute atomic E-state index is 0.0913. The van der Waals surface area contributed by atoms with Crippen LogP contribution in [-0.4, -0.2) is 28.6 Å². The number of rotatable bonds is 9. The molecule has 168 valence electrons. The highest BCUT2D eigenvalue weighted by atomic mass is 35.5. The lowest BCUT2D eigenvalue weighted by Crippen LogP contribution is -2.41. The van der Waals surface area contributed by atoms with Crippen LogP contribution >= 0.6 is 23.2 Å². The zero-order valence-corrected chi connectivity index (χ0v) is 18.9. The van der Waals surface area contributed by atoms with Crippen LogP contribution in [0.3, 0.4) is 0 Å². The van der Waals surface area contributed by atoms with E-state index in [0.717, 1.165) is 11.1 Å². The molecule has 3 rings (SSSR count). The number of hydrogen-bond donors (Lipinski definition) is 2. The molecule has 1 heterocycles. The number of carbonyl (C=O) groups is 2. The quantitative estimate of drug-likeness (QED) is 0.352. The Balaban J connectivity index is 1.31. The van der Waals surface area contributed by atoms with Crippen molar-refractivity contribution in [2.24, 2.45) is 0 Å². The van der Waals surface area contributed by atoms with Crippen LogP contribution < -0.4 is 15.6 Å². The van der Waals surface area contributed by atoms with Gasteiger partial charge in [-0.05, 0) is 43.7 Å². The van der Waals surface area contributed by atoms with Gasteiger partial charge < -0.3 is 9.15 Å². The molecule has 2 amide bonds. The maximum absolute atomic E-state index is 11.9. The van der Waals surface area contributed by atoms with Crippen molar-refractivity contribution >= 4 is 35.0 Å². The zero-order chi connectivity index (χ0) is 22.9. The van der Waals surface area contributed by atoms with Gasteiger partial charge in [-0.1, -0.05) is 40.9 Å². The summed E-state index contributed by atoms with van der Waals surface area (Å²) in [5.41, 5.74) is 6.68. The molecule has 0 bridgehead atoms. The largest absolute Gasteiger partial charge is 0.492 e. The Labute approximate surface area is 195 Å². The lowest BCUT2D eigenvalue weighted by Gasteiger charge is -2.09. The number of aromatic nitrogens is 2. The van der Waals surface area contributed by atoms with Crippen LogP contribution in [0.15, 0.2) is 46.9 Å². The summed E-state index contributed by atoms with van der Waals surface area (Å²) in [5, 5.41) is 8.87. The zero-order valence-electron chi connectivity index (χ0n) is 17.4. The van der Waals surface area contributed by atoms with Crippen LogP contribution in [0.5, 0.6) is 5.75 Å². The van der Waals surface area contributed by atoms with Crippen molar-refractivity contribution in [2.75, 3.05) is 6.61 Å². The van der Waals surface area contributed by atoms with E-state index in [1.165, 1.54) is 0 Å². The number of amides is 2. The molecule has 32 heavy (non-hydrogen) atoms. The van der Waals surface area contributed by atoms with Gasteiger partial charge in [0.25, 0.3) is 0 Å². The number of hydrogen-bond acceptors (Lipinski definition) is 6. The van der Waals surface area contributed by atoms with Crippen molar-refractivity contribution in [3.8, 4) is 17.2 Å². The van der Waals surface area contributed by atoms with Gasteiger partial charge in [-0.2, -0.15) is 0 Å². The molecule has 0 aliphatic heterocycles. The van der Waals surface area contributed by atoms with Gasteiger partial charge in [-0.15, -0.1) is 10.2 Å². The topological polar surface area (TPSA) is 106 Å². The maximum atomic E-state index is 11.9. The molecule has 0 atom stereocenters. The highest BCUT2D eigenvalue weighted by molar-refractivity contribution is 6.35. The summed E-state index contributed by atoms with van der Waals surface area (Å²) in [6.07, 6.45) is 0.976. The molecule has 0 unspecified atom stereocenters. The maximum Gasteiger partial charge on any atom is 0.247 e. The molecule has 0 aliphatic rings. The molecule has 0 saturated heterocycles. The highest BCUT2D eigenvalue weighted by Gasteiger charge is 2.11. The Morgan fingerprint density at radius 2 is 1.72 bits per heavy atom. The molecule has 3 aromatic rings. The molecular weight excluding hydrogens is 455 g/mol. The summed E-state index contributed by atoms with van der Waals surface area (Å²) in [6.45, 7) is 2.29. The van der Waals surface area contributed by atoms with Crippen LogP contribution in [0.25, 0.3) is 11.5 Å². The first-order chi connectivity index (χ1) is 15.4. The molecule has 0 fully saturated rings. The Kier molecular flexibility index (Phi) is 8.47. The molecule has 0 aliphatic carbocycles. The lowest BCUT2D eigenvalue weighted by atomic mass is 10.1. The second-order valence-electron chi connectivity index (χ2n) is 6.99. The molecule has 10 heteroatoms. The lowest BCUT2D eigenvalue weighted by molar-refractivity contribution is -0.129. The van der Waals surface area contributed by atoms with E-state index in [1.807, 2.05) is 31.2 Å². The van der Waals surface area contributed by atoms with Crippen LogP contribution in [-0.2, 0) is 16.0 Å². The van der Waals surface area contributed by atoms with E-state index in [2.05, 4.69) is 21.0 Å². The first kappa shape index (κ1) is 23.6. The first-order valence-electron chi connectivity index (χ1n) is 9.95. The van der Waals surface area contributed by atoms with E-state index < -0.39 is 0 Å². The molecular formula is C22H22Cl2N4O4. The van der Waals surface area contributed by atoms with Gasteiger partial charge in [-0.3, -0.25) is 20.4 Å². The molecule has 0 radical (unpaired) electrons. The number of halogens is 2. The molecule has 0 saturated carbocycles. The number of aryl methyl sites for hydroxylation is 2. The number of ether oxygens (including phenoxy) is 1. The van der Waals surface area contributed by atoms with Gasteiger partial charge in [0.2, 0.25) is 23.6 Å². The third-order valence-corrected chi connectivity index (χ3v) is 4.90. The predicted octanol–water partition coefficient (Wildman–Crippen LogP) is 4.29. The third-order valence-electron chi connectivity index (χ3n) is 4.37. The van der Waals surface area contributed by atoms with Crippen molar-refractivity contribution in [1.82, 2.24) is 21.0 Å². The second-order valence-corrected chi connectivity index (χ2v) is 7.83. The summed E-state index contributed by atoms with van der Waals surface area (Å²) >= 11 is 11.8. The monoisotopic (exact) mass is 476 g/mol. The highest BCUT2D eigenvalue weighted by Crippen LogP contribution is 2.27. The van der Waals surface area contributed by atoms with Gasteiger partial charge in [0, 0.05) is 29.8 Å². The Morgan fingerprint density at radius 3 is 2.44 bits per heavy atom. The van der Waals surface area contributed by atoms with E-state index in [4.69, 9.17) is 32.4 Å². The minimum Gasteiger partial charge on any atom is -0.492 e. The van der Waals surface area contributed by atoms with Gasteiger partial charge in [0.1, 0.15) is 5.75 Å².